The van der Waals surface area contributed by atoms with Crippen LogP contribution < -0.4 is 4.90 Å². The van der Waals surface area contributed by atoms with Crippen LogP contribution in [0.1, 0.15) is 0 Å². The lowest BCUT2D eigenvalue weighted by molar-refractivity contribution is 0.669. The second-order valence-electron chi connectivity index (χ2n) is 14.4. The van der Waals surface area contributed by atoms with Gasteiger partial charge in [-0.25, -0.2) is 0 Å². The third-order valence-electron chi connectivity index (χ3n) is 11.2. The van der Waals surface area contributed by atoms with Crippen molar-refractivity contribution < 1.29 is 4.42 Å². The summed E-state index contributed by atoms with van der Waals surface area (Å²) in [4.78, 5) is 2.42. The Morgan fingerprint density at radius 3 is 1.54 bits per heavy atom. The Labute approximate surface area is 330 Å². The molecule has 11 rings (SSSR count). The van der Waals surface area contributed by atoms with Crippen LogP contribution in [-0.4, -0.2) is 4.57 Å². The summed E-state index contributed by atoms with van der Waals surface area (Å²) < 4.78 is 8.96. The van der Waals surface area contributed by atoms with E-state index in [1.165, 1.54) is 33.0 Å². The number of furan rings is 1. The van der Waals surface area contributed by atoms with Gasteiger partial charge in [0.25, 0.3) is 0 Å². The van der Waals surface area contributed by atoms with Gasteiger partial charge in [0.1, 0.15) is 11.2 Å². The first-order valence-electron chi connectivity index (χ1n) is 19.4. The number of fused-ring (bicyclic) bond motifs is 6. The number of hydrogen-bond donors (Lipinski definition) is 0. The SMILES string of the molecule is c1ccc(-c2ccccc2-c2ccccc2-c2ccccc2N(c2ccc3c(c2)oc2ccccc23)c2ccccc2-n2c3ccccc3c3ccccc32)cc1. The third kappa shape index (κ3) is 5.43. The average Bonchev–Trinajstić information content (AvgIpc) is 3.83. The monoisotopic (exact) mass is 728 g/mol. The Hall–Kier alpha value is -7.62. The number of anilines is 3. The Balaban J connectivity index is 1.19. The first-order valence-corrected chi connectivity index (χ1v) is 19.4. The van der Waals surface area contributed by atoms with Gasteiger partial charge < -0.3 is 13.9 Å². The molecule has 2 aromatic heterocycles. The van der Waals surface area contributed by atoms with Crippen molar-refractivity contribution in [2.45, 2.75) is 0 Å². The number of aromatic nitrogens is 1. The van der Waals surface area contributed by atoms with Crippen LogP contribution in [0.25, 0.3) is 82.8 Å². The summed E-state index contributed by atoms with van der Waals surface area (Å²) in [5.41, 5.74) is 15.3. The molecule has 0 fully saturated rings. The van der Waals surface area contributed by atoms with Crippen LogP contribution in [0.3, 0.4) is 0 Å². The van der Waals surface area contributed by atoms with E-state index in [0.29, 0.717) is 0 Å². The van der Waals surface area contributed by atoms with E-state index in [1.807, 2.05) is 12.1 Å². The van der Waals surface area contributed by atoms with Gasteiger partial charge in [-0.2, -0.15) is 0 Å². The van der Waals surface area contributed by atoms with Crippen LogP contribution in [0.4, 0.5) is 17.1 Å². The van der Waals surface area contributed by atoms with Crippen LogP contribution in [-0.2, 0) is 0 Å². The van der Waals surface area contributed by atoms with Gasteiger partial charge in [0, 0.05) is 38.9 Å². The first kappa shape index (κ1) is 32.8. The van der Waals surface area contributed by atoms with Gasteiger partial charge in [-0.15, -0.1) is 0 Å². The molecule has 0 spiro atoms. The van der Waals surface area contributed by atoms with Gasteiger partial charge >= 0.3 is 0 Å². The zero-order valence-corrected chi connectivity index (χ0v) is 31.1. The lowest BCUT2D eigenvalue weighted by Crippen LogP contribution is -2.14. The maximum absolute atomic E-state index is 6.55. The van der Waals surface area contributed by atoms with Gasteiger partial charge in [0.15, 0.2) is 0 Å². The highest BCUT2D eigenvalue weighted by atomic mass is 16.3. The van der Waals surface area contributed by atoms with Crippen molar-refractivity contribution in [3.05, 3.63) is 218 Å². The molecule has 0 N–H and O–H groups in total. The van der Waals surface area contributed by atoms with Crippen molar-refractivity contribution in [2.24, 2.45) is 0 Å². The topological polar surface area (TPSA) is 21.3 Å². The van der Waals surface area contributed by atoms with Gasteiger partial charge in [-0.3, -0.25) is 0 Å². The molecule has 0 aliphatic heterocycles. The van der Waals surface area contributed by atoms with E-state index in [2.05, 4.69) is 216 Å². The molecular weight excluding hydrogens is 693 g/mol. The Morgan fingerprint density at radius 1 is 0.333 bits per heavy atom. The van der Waals surface area contributed by atoms with Crippen molar-refractivity contribution in [3.8, 4) is 39.1 Å². The molecule has 0 atom stereocenters. The summed E-state index contributed by atoms with van der Waals surface area (Å²) in [6.07, 6.45) is 0. The molecule has 3 nitrogen and oxygen atoms in total. The molecule has 3 heteroatoms. The summed E-state index contributed by atoms with van der Waals surface area (Å²) in [5, 5.41) is 4.66. The Bertz CT molecular complexity index is 3210. The van der Waals surface area contributed by atoms with E-state index in [9.17, 15) is 0 Å². The van der Waals surface area contributed by atoms with Gasteiger partial charge in [-0.1, -0.05) is 164 Å². The van der Waals surface area contributed by atoms with Crippen LogP contribution in [0.15, 0.2) is 223 Å². The minimum absolute atomic E-state index is 0.850. The van der Waals surface area contributed by atoms with Crippen molar-refractivity contribution in [2.75, 3.05) is 4.90 Å². The molecule has 0 bridgehead atoms. The highest BCUT2D eigenvalue weighted by Gasteiger charge is 2.24. The smallest absolute Gasteiger partial charge is 0.137 e. The minimum atomic E-state index is 0.850. The molecule has 0 saturated carbocycles. The van der Waals surface area contributed by atoms with Gasteiger partial charge in [-0.05, 0) is 76.3 Å². The summed E-state index contributed by atoms with van der Waals surface area (Å²) in [6, 6.07) is 78.2. The van der Waals surface area contributed by atoms with Gasteiger partial charge in [0.05, 0.1) is 28.1 Å². The van der Waals surface area contributed by atoms with E-state index < -0.39 is 0 Å². The third-order valence-corrected chi connectivity index (χ3v) is 11.2. The number of para-hydroxylation sites is 6. The summed E-state index contributed by atoms with van der Waals surface area (Å²) in [6.45, 7) is 0. The van der Waals surface area contributed by atoms with Crippen molar-refractivity contribution in [3.63, 3.8) is 0 Å². The summed E-state index contributed by atoms with van der Waals surface area (Å²) >= 11 is 0. The zero-order valence-electron chi connectivity index (χ0n) is 31.1. The predicted octanol–water partition coefficient (Wildman–Crippen LogP) is 15.2. The highest BCUT2D eigenvalue weighted by Crippen LogP contribution is 2.48. The normalized spacial score (nSPS) is 11.5. The first-order chi connectivity index (χ1) is 28.3. The molecule has 0 aliphatic carbocycles. The molecule has 9 aromatic carbocycles. The molecule has 0 radical (unpaired) electrons. The molecule has 0 amide bonds. The molecule has 0 aliphatic rings. The van der Waals surface area contributed by atoms with Crippen molar-refractivity contribution in [1.82, 2.24) is 4.57 Å². The fourth-order valence-corrected chi connectivity index (χ4v) is 8.72. The van der Waals surface area contributed by atoms with Gasteiger partial charge in [0.2, 0.25) is 0 Å². The van der Waals surface area contributed by atoms with Crippen LogP contribution in [0.5, 0.6) is 0 Å². The predicted molar refractivity (Wildman–Crippen MR) is 239 cm³/mol. The maximum Gasteiger partial charge on any atom is 0.137 e. The second kappa shape index (κ2) is 13.6. The standard InChI is InChI=1S/C54H36N2O/c1-2-18-37(19-3-1)39-20-4-5-21-40(39)41-22-6-7-23-42(41)43-24-8-12-28-48(43)55(38-34-35-47-46-27-11-17-33-53(46)57-54(47)36-38)51-31-15-16-32-52(51)56-49-29-13-9-25-44(49)45-26-10-14-30-50(45)56/h1-36H. The lowest BCUT2D eigenvalue weighted by Gasteiger charge is -2.30. The van der Waals surface area contributed by atoms with Crippen LogP contribution in [0, 0.1) is 0 Å². The molecule has 11 aromatic rings. The number of nitrogens with zero attached hydrogens (tertiary/aromatic N) is 2. The maximum atomic E-state index is 6.55. The molecule has 0 unspecified atom stereocenters. The quantitative estimate of drug-likeness (QED) is 0.163. The van der Waals surface area contributed by atoms with Crippen LogP contribution in [0.2, 0.25) is 0 Å². The largest absolute Gasteiger partial charge is 0.456 e. The summed E-state index contributed by atoms with van der Waals surface area (Å²) in [5.74, 6) is 0. The van der Waals surface area contributed by atoms with E-state index in [4.69, 9.17) is 4.42 Å². The number of rotatable bonds is 7. The lowest BCUT2D eigenvalue weighted by atomic mass is 9.88. The molecule has 2 heterocycles. The average molecular weight is 729 g/mol. The second-order valence-corrected chi connectivity index (χ2v) is 14.4. The highest BCUT2D eigenvalue weighted by molar-refractivity contribution is 6.10. The Kier molecular flexibility index (Phi) is 7.82. The van der Waals surface area contributed by atoms with E-state index in [-0.39, 0.29) is 0 Å². The van der Waals surface area contributed by atoms with Crippen LogP contribution >= 0.6 is 0 Å². The number of benzene rings is 9. The zero-order chi connectivity index (χ0) is 37.7. The van der Waals surface area contributed by atoms with Crippen molar-refractivity contribution >= 4 is 60.8 Å². The number of hydrogen-bond acceptors (Lipinski definition) is 2. The van der Waals surface area contributed by atoms with Crippen molar-refractivity contribution in [1.29, 1.82) is 0 Å². The van der Waals surface area contributed by atoms with E-state index in [1.54, 1.807) is 0 Å². The Morgan fingerprint density at radius 2 is 0.825 bits per heavy atom. The molecule has 0 saturated heterocycles. The molecule has 57 heavy (non-hydrogen) atoms. The molecular formula is C54H36N2O. The van der Waals surface area contributed by atoms with E-state index >= 15 is 0 Å². The fourth-order valence-electron chi connectivity index (χ4n) is 8.72. The molecule has 268 valence electrons. The minimum Gasteiger partial charge on any atom is -0.456 e. The fraction of sp³-hybridized carbons (Fsp3) is 0. The summed E-state index contributed by atoms with van der Waals surface area (Å²) in [7, 11) is 0. The van der Waals surface area contributed by atoms with E-state index in [0.717, 1.165) is 66.8 Å².